The van der Waals surface area contributed by atoms with Gasteiger partial charge in [-0.25, -0.2) is 9.78 Å². The standard InChI is InChI=1S/C26H34N4O6S/c1-16-22(37-15-28-16)18-9-7-17(8-10-18)12-27-24(34)19-6-5-11-30(19)25(35)23(26(2,3)4)29-20(31)13-36-14-21(32)33/h7-10,15,19,23H,5-6,11-14H2,1-4H3,(H,27,34)(H,29,31)(H,32,33). The Labute approximate surface area is 220 Å². The molecule has 0 saturated carbocycles. The summed E-state index contributed by atoms with van der Waals surface area (Å²) in [7, 11) is 0. The van der Waals surface area contributed by atoms with Crippen LogP contribution in [0.5, 0.6) is 0 Å². The van der Waals surface area contributed by atoms with E-state index in [0.717, 1.165) is 21.7 Å². The predicted molar refractivity (Wildman–Crippen MR) is 139 cm³/mol. The quantitative estimate of drug-likeness (QED) is 0.429. The second-order valence-corrected chi connectivity index (χ2v) is 11.0. The molecule has 0 aliphatic carbocycles. The summed E-state index contributed by atoms with van der Waals surface area (Å²) in [6, 6.07) is 6.41. The van der Waals surface area contributed by atoms with E-state index < -0.39 is 42.6 Å². The lowest BCUT2D eigenvalue weighted by Crippen LogP contribution is -2.58. The molecule has 1 aromatic heterocycles. The number of thiazole rings is 1. The summed E-state index contributed by atoms with van der Waals surface area (Å²) in [5, 5.41) is 14.3. The summed E-state index contributed by atoms with van der Waals surface area (Å²) < 4.78 is 4.84. The molecular weight excluding hydrogens is 496 g/mol. The lowest BCUT2D eigenvalue weighted by molar-refractivity contribution is -0.146. The Hall–Kier alpha value is -3.31. The zero-order valence-electron chi connectivity index (χ0n) is 21.6. The number of aliphatic carboxylic acids is 1. The number of nitrogens with one attached hydrogen (secondary N) is 2. The van der Waals surface area contributed by atoms with Gasteiger partial charge in [0.25, 0.3) is 0 Å². The topological polar surface area (TPSA) is 138 Å². The summed E-state index contributed by atoms with van der Waals surface area (Å²) in [5.74, 6) is -2.36. The Balaban J connectivity index is 1.60. The van der Waals surface area contributed by atoms with Gasteiger partial charge in [0.2, 0.25) is 17.7 Å². The van der Waals surface area contributed by atoms with Crippen LogP contribution in [-0.2, 0) is 30.5 Å². The van der Waals surface area contributed by atoms with Crippen molar-refractivity contribution in [3.8, 4) is 10.4 Å². The number of amides is 3. The number of aromatic nitrogens is 1. The van der Waals surface area contributed by atoms with Gasteiger partial charge >= 0.3 is 5.97 Å². The van der Waals surface area contributed by atoms with Gasteiger partial charge in [-0.1, -0.05) is 45.0 Å². The maximum absolute atomic E-state index is 13.5. The molecule has 2 atom stereocenters. The lowest BCUT2D eigenvalue weighted by atomic mass is 9.85. The van der Waals surface area contributed by atoms with E-state index in [1.165, 1.54) is 4.90 Å². The maximum atomic E-state index is 13.5. The molecule has 37 heavy (non-hydrogen) atoms. The molecule has 1 saturated heterocycles. The third-order valence-electron chi connectivity index (χ3n) is 6.14. The number of benzene rings is 1. The number of carboxylic acid groups (broad SMARTS) is 1. The van der Waals surface area contributed by atoms with E-state index in [1.54, 1.807) is 11.3 Å². The number of carbonyl (C=O) groups excluding carboxylic acids is 3. The minimum atomic E-state index is -1.19. The number of hydrogen-bond donors (Lipinski definition) is 3. The van der Waals surface area contributed by atoms with Gasteiger partial charge < -0.3 is 25.4 Å². The first kappa shape index (κ1) is 28.3. The second kappa shape index (κ2) is 12.3. The molecule has 2 unspecified atom stereocenters. The number of hydrogen-bond acceptors (Lipinski definition) is 7. The highest BCUT2D eigenvalue weighted by molar-refractivity contribution is 7.13. The highest BCUT2D eigenvalue weighted by atomic mass is 32.1. The minimum absolute atomic E-state index is 0.239. The summed E-state index contributed by atoms with van der Waals surface area (Å²) in [5.41, 5.74) is 4.18. The predicted octanol–water partition coefficient (Wildman–Crippen LogP) is 2.36. The van der Waals surface area contributed by atoms with Crippen molar-refractivity contribution in [3.63, 3.8) is 0 Å². The van der Waals surface area contributed by atoms with Crippen LogP contribution in [0.1, 0.15) is 44.9 Å². The third-order valence-corrected chi connectivity index (χ3v) is 7.12. The fourth-order valence-electron chi connectivity index (χ4n) is 4.21. The monoisotopic (exact) mass is 530 g/mol. The fraction of sp³-hybridized carbons (Fsp3) is 0.500. The normalized spacial score (nSPS) is 16.3. The second-order valence-electron chi connectivity index (χ2n) is 10.1. The molecule has 1 fully saturated rings. The van der Waals surface area contributed by atoms with E-state index in [0.29, 0.717) is 25.9 Å². The van der Waals surface area contributed by atoms with Crippen molar-refractivity contribution in [1.29, 1.82) is 0 Å². The Kier molecular flexibility index (Phi) is 9.39. The van der Waals surface area contributed by atoms with E-state index in [1.807, 2.05) is 57.5 Å². The van der Waals surface area contributed by atoms with Crippen LogP contribution in [0.15, 0.2) is 29.8 Å². The van der Waals surface area contributed by atoms with Crippen molar-refractivity contribution in [3.05, 3.63) is 41.0 Å². The first-order valence-electron chi connectivity index (χ1n) is 12.1. The first-order valence-corrected chi connectivity index (χ1v) is 13.0. The largest absolute Gasteiger partial charge is 0.480 e. The van der Waals surface area contributed by atoms with Gasteiger partial charge in [0.05, 0.1) is 16.1 Å². The molecule has 1 aromatic carbocycles. The lowest BCUT2D eigenvalue weighted by Gasteiger charge is -2.35. The molecule has 0 radical (unpaired) electrons. The van der Waals surface area contributed by atoms with Gasteiger partial charge in [0.15, 0.2) is 0 Å². The highest BCUT2D eigenvalue weighted by Gasteiger charge is 2.41. The molecule has 3 amide bonds. The zero-order valence-corrected chi connectivity index (χ0v) is 22.4. The van der Waals surface area contributed by atoms with E-state index >= 15 is 0 Å². The third kappa shape index (κ3) is 7.59. The van der Waals surface area contributed by atoms with Crippen molar-refractivity contribution in [2.24, 2.45) is 5.41 Å². The van der Waals surface area contributed by atoms with Gasteiger partial charge in [0.1, 0.15) is 25.3 Å². The first-order chi connectivity index (χ1) is 17.5. The van der Waals surface area contributed by atoms with Crippen LogP contribution in [0.2, 0.25) is 0 Å². The number of likely N-dealkylation sites (tertiary alicyclic amines) is 1. The highest BCUT2D eigenvalue weighted by Crippen LogP contribution is 2.28. The van der Waals surface area contributed by atoms with Crippen LogP contribution < -0.4 is 10.6 Å². The van der Waals surface area contributed by atoms with Crippen molar-refractivity contribution < 1.29 is 29.0 Å². The van der Waals surface area contributed by atoms with Crippen molar-refractivity contribution in [2.75, 3.05) is 19.8 Å². The fourth-order valence-corrected chi connectivity index (χ4v) is 5.02. The molecule has 1 aliphatic heterocycles. The Bertz CT molecular complexity index is 1120. The van der Waals surface area contributed by atoms with Crippen LogP contribution in [0.4, 0.5) is 0 Å². The van der Waals surface area contributed by atoms with Crippen molar-refractivity contribution in [2.45, 2.75) is 59.2 Å². The molecule has 2 aromatic rings. The van der Waals surface area contributed by atoms with Gasteiger partial charge in [-0.05, 0) is 36.3 Å². The number of nitrogens with zero attached hydrogens (tertiary/aromatic N) is 2. The molecule has 1 aliphatic rings. The minimum Gasteiger partial charge on any atom is -0.480 e. The van der Waals surface area contributed by atoms with Gasteiger partial charge in [-0.15, -0.1) is 11.3 Å². The Morgan fingerprint density at radius 2 is 1.89 bits per heavy atom. The zero-order chi connectivity index (χ0) is 27.2. The molecular formula is C26H34N4O6S. The molecule has 0 spiro atoms. The summed E-state index contributed by atoms with van der Waals surface area (Å²) in [6.45, 7) is 7.08. The smallest absolute Gasteiger partial charge is 0.329 e. The average molecular weight is 531 g/mol. The SMILES string of the molecule is Cc1ncsc1-c1ccc(CNC(=O)C2CCCN2C(=O)C(NC(=O)COCC(=O)O)C(C)(C)C)cc1. The molecule has 10 nitrogen and oxygen atoms in total. The maximum Gasteiger partial charge on any atom is 0.329 e. The van der Waals surface area contributed by atoms with E-state index in [9.17, 15) is 19.2 Å². The van der Waals surface area contributed by atoms with Crippen LogP contribution in [-0.4, -0.2) is 70.5 Å². The van der Waals surface area contributed by atoms with Crippen molar-refractivity contribution >= 4 is 35.0 Å². The molecule has 3 N–H and O–H groups in total. The molecule has 3 rings (SSSR count). The molecule has 0 bridgehead atoms. The Morgan fingerprint density at radius 1 is 1.19 bits per heavy atom. The van der Waals surface area contributed by atoms with Crippen LogP contribution in [0, 0.1) is 12.3 Å². The van der Waals surface area contributed by atoms with Crippen molar-refractivity contribution in [1.82, 2.24) is 20.5 Å². The Morgan fingerprint density at radius 3 is 2.49 bits per heavy atom. The van der Waals surface area contributed by atoms with Crippen LogP contribution in [0.25, 0.3) is 10.4 Å². The van der Waals surface area contributed by atoms with Crippen LogP contribution in [0.3, 0.4) is 0 Å². The summed E-state index contributed by atoms with van der Waals surface area (Å²) in [4.78, 5) is 56.4. The van der Waals surface area contributed by atoms with E-state index in [4.69, 9.17) is 9.84 Å². The number of aryl methyl sites for hydroxylation is 1. The van der Waals surface area contributed by atoms with Gasteiger partial charge in [-0.3, -0.25) is 14.4 Å². The number of rotatable bonds is 10. The summed E-state index contributed by atoms with van der Waals surface area (Å²) >= 11 is 1.58. The number of carbonyl (C=O) groups is 4. The number of carboxylic acids is 1. The van der Waals surface area contributed by atoms with Crippen LogP contribution >= 0.6 is 11.3 Å². The average Bonchev–Trinajstić information content (AvgIpc) is 3.49. The van der Waals surface area contributed by atoms with Gasteiger partial charge in [0, 0.05) is 13.1 Å². The molecule has 200 valence electrons. The van der Waals surface area contributed by atoms with Gasteiger partial charge in [-0.2, -0.15) is 0 Å². The number of ether oxygens (including phenoxy) is 1. The van der Waals surface area contributed by atoms with E-state index in [-0.39, 0.29) is 11.8 Å². The van der Waals surface area contributed by atoms with E-state index in [2.05, 4.69) is 15.6 Å². The summed E-state index contributed by atoms with van der Waals surface area (Å²) in [6.07, 6.45) is 1.22. The molecule has 11 heteroatoms. The molecule has 2 heterocycles.